The zero-order valence-electron chi connectivity index (χ0n) is 8.65. The predicted molar refractivity (Wildman–Crippen MR) is 52.3 cm³/mol. The molecule has 0 saturated carbocycles. The highest BCUT2D eigenvalue weighted by Gasteiger charge is 2.01. The SMILES string of the molecule is CNC(=O)C=C(C)CCCCC(F)F. The second-order valence-electron chi connectivity index (χ2n) is 3.24. The number of unbranched alkanes of at least 4 members (excludes halogenated alkanes) is 1. The number of hydrogen-bond donors (Lipinski definition) is 1. The number of carbonyl (C=O) groups is 1. The highest BCUT2D eigenvalue weighted by atomic mass is 19.3. The molecule has 0 aliphatic carbocycles. The molecule has 0 atom stereocenters. The number of amides is 1. The van der Waals surface area contributed by atoms with E-state index in [4.69, 9.17) is 0 Å². The topological polar surface area (TPSA) is 29.1 Å². The first-order valence-corrected chi connectivity index (χ1v) is 4.73. The van der Waals surface area contributed by atoms with Gasteiger partial charge in [0.2, 0.25) is 12.3 Å². The van der Waals surface area contributed by atoms with Gasteiger partial charge in [-0.25, -0.2) is 8.78 Å². The lowest BCUT2D eigenvalue weighted by Gasteiger charge is -2.01. The molecule has 0 heterocycles. The molecule has 0 aromatic rings. The van der Waals surface area contributed by atoms with Crippen LogP contribution in [0.25, 0.3) is 0 Å². The molecule has 2 nitrogen and oxygen atoms in total. The largest absolute Gasteiger partial charge is 0.356 e. The summed E-state index contributed by atoms with van der Waals surface area (Å²) < 4.78 is 23.5. The third-order valence-electron chi connectivity index (χ3n) is 1.87. The van der Waals surface area contributed by atoms with Crippen LogP contribution in [0.4, 0.5) is 8.78 Å². The lowest BCUT2D eigenvalue weighted by Crippen LogP contribution is -2.14. The lowest BCUT2D eigenvalue weighted by molar-refractivity contribution is -0.116. The van der Waals surface area contributed by atoms with Gasteiger partial charge in [-0.05, 0) is 26.2 Å². The van der Waals surface area contributed by atoms with Crippen LogP contribution in [-0.4, -0.2) is 19.4 Å². The first kappa shape index (κ1) is 13.1. The van der Waals surface area contributed by atoms with Gasteiger partial charge >= 0.3 is 0 Å². The maximum Gasteiger partial charge on any atom is 0.243 e. The third kappa shape index (κ3) is 7.71. The summed E-state index contributed by atoms with van der Waals surface area (Å²) in [5.41, 5.74) is 0.929. The summed E-state index contributed by atoms with van der Waals surface area (Å²) in [6.07, 6.45) is 1.17. The normalized spacial score (nSPS) is 11.9. The van der Waals surface area contributed by atoms with Gasteiger partial charge in [-0.2, -0.15) is 0 Å². The summed E-state index contributed by atoms with van der Waals surface area (Å²) in [6, 6.07) is 0. The molecule has 0 aliphatic heterocycles. The van der Waals surface area contributed by atoms with Crippen LogP contribution in [0.5, 0.6) is 0 Å². The Kier molecular flexibility index (Phi) is 6.98. The smallest absolute Gasteiger partial charge is 0.243 e. The quantitative estimate of drug-likeness (QED) is 0.524. The number of hydrogen-bond acceptors (Lipinski definition) is 1. The first-order chi connectivity index (χ1) is 6.56. The second-order valence-corrected chi connectivity index (χ2v) is 3.24. The minimum Gasteiger partial charge on any atom is -0.356 e. The summed E-state index contributed by atoms with van der Waals surface area (Å²) in [4.78, 5) is 10.9. The second kappa shape index (κ2) is 7.47. The average molecular weight is 205 g/mol. The zero-order valence-corrected chi connectivity index (χ0v) is 8.65. The van der Waals surface area contributed by atoms with Crippen molar-refractivity contribution in [3.8, 4) is 0 Å². The van der Waals surface area contributed by atoms with Gasteiger partial charge in [-0.3, -0.25) is 4.79 Å². The fourth-order valence-corrected chi connectivity index (χ4v) is 1.07. The molecule has 1 N–H and O–H groups in total. The zero-order chi connectivity index (χ0) is 11.0. The van der Waals surface area contributed by atoms with Gasteiger partial charge in [0.05, 0.1) is 0 Å². The number of likely N-dealkylation sites (N-methyl/N-ethyl adjacent to an activating group) is 1. The highest BCUT2D eigenvalue weighted by Crippen LogP contribution is 2.11. The predicted octanol–water partition coefficient (Wildman–Crippen LogP) is 2.50. The summed E-state index contributed by atoms with van der Waals surface area (Å²) in [5, 5.41) is 2.47. The van der Waals surface area contributed by atoms with Gasteiger partial charge in [0.25, 0.3) is 0 Å². The van der Waals surface area contributed by atoms with Gasteiger partial charge in [0.15, 0.2) is 0 Å². The van der Waals surface area contributed by atoms with E-state index < -0.39 is 6.43 Å². The third-order valence-corrected chi connectivity index (χ3v) is 1.87. The molecule has 0 fully saturated rings. The van der Waals surface area contributed by atoms with Crippen LogP contribution in [0, 0.1) is 0 Å². The maximum absolute atomic E-state index is 11.7. The van der Waals surface area contributed by atoms with Crippen molar-refractivity contribution in [2.45, 2.75) is 39.0 Å². The summed E-state index contributed by atoms with van der Waals surface area (Å²) in [6.45, 7) is 1.83. The van der Waals surface area contributed by atoms with E-state index in [-0.39, 0.29) is 12.3 Å². The molecule has 4 heteroatoms. The van der Waals surface area contributed by atoms with Crippen molar-refractivity contribution in [2.24, 2.45) is 0 Å². The molecular weight excluding hydrogens is 188 g/mol. The van der Waals surface area contributed by atoms with E-state index in [1.165, 1.54) is 6.08 Å². The van der Waals surface area contributed by atoms with Crippen molar-refractivity contribution in [1.82, 2.24) is 5.32 Å². The molecule has 1 amide bonds. The van der Waals surface area contributed by atoms with Crippen molar-refractivity contribution >= 4 is 5.91 Å². The lowest BCUT2D eigenvalue weighted by atomic mass is 10.1. The van der Waals surface area contributed by atoms with Crippen molar-refractivity contribution in [1.29, 1.82) is 0 Å². The van der Waals surface area contributed by atoms with Crippen molar-refractivity contribution in [2.75, 3.05) is 7.05 Å². The number of allylic oxidation sites excluding steroid dienone is 1. The van der Waals surface area contributed by atoms with E-state index in [2.05, 4.69) is 5.32 Å². The highest BCUT2D eigenvalue weighted by molar-refractivity contribution is 5.87. The Morgan fingerprint density at radius 3 is 2.57 bits per heavy atom. The van der Waals surface area contributed by atoms with E-state index in [1.807, 2.05) is 6.92 Å². The minimum atomic E-state index is -2.21. The standard InChI is InChI=1S/C10H17F2NO/c1-8(7-10(14)13-2)5-3-4-6-9(11)12/h7,9H,3-6H2,1-2H3,(H,13,14). The van der Waals surface area contributed by atoms with Crippen LogP contribution in [0.3, 0.4) is 0 Å². The Morgan fingerprint density at radius 1 is 1.43 bits per heavy atom. The minimum absolute atomic E-state index is 0.0484. The number of rotatable bonds is 6. The monoisotopic (exact) mass is 205 g/mol. The molecule has 14 heavy (non-hydrogen) atoms. The first-order valence-electron chi connectivity index (χ1n) is 4.73. The van der Waals surface area contributed by atoms with E-state index in [9.17, 15) is 13.6 Å². The Morgan fingerprint density at radius 2 is 2.07 bits per heavy atom. The molecule has 0 aromatic heterocycles. The van der Waals surface area contributed by atoms with Crippen LogP contribution >= 0.6 is 0 Å². The van der Waals surface area contributed by atoms with Crippen LogP contribution in [-0.2, 0) is 4.79 Å². The molecular formula is C10H17F2NO. The molecule has 0 spiro atoms. The van der Waals surface area contributed by atoms with E-state index in [0.717, 1.165) is 5.57 Å². The van der Waals surface area contributed by atoms with Crippen molar-refractivity contribution < 1.29 is 13.6 Å². The molecule has 0 saturated heterocycles. The molecule has 0 radical (unpaired) electrons. The maximum atomic E-state index is 11.7. The van der Waals surface area contributed by atoms with Crippen LogP contribution in [0.2, 0.25) is 0 Å². The number of alkyl halides is 2. The van der Waals surface area contributed by atoms with Crippen LogP contribution < -0.4 is 5.32 Å². The Labute approximate surface area is 83.4 Å². The summed E-state index contributed by atoms with van der Waals surface area (Å²) in [7, 11) is 1.56. The van der Waals surface area contributed by atoms with Crippen LogP contribution in [0.1, 0.15) is 32.6 Å². The van der Waals surface area contributed by atoms with Crippen LogP contribution in [0.15, 0.2) is 11.6 Å². The van der Waals surface area contributed by atoms with Gasteiger partial charge in [0, 0.05) is 19.5 Å². The van der Waals surface area contributed by atoms with Crippen molar-refractivity contribution in [3.05, 3.63) is 11.6 Å². The molecule has 0 rings (SSSR count). The molecule has 0 bridgehead atoms. The van der Waals surface area contributed by atoms with Crippen molar-refractivity contribution in [3.63, 3.8) is 0 Å². The van der Waals surface area contributed by atoms with Gasteiger partial charge < -0.3 is 5.32 Å². The fourth-order valence-electron chi connectivity index (χ4n) is 1.07. The van der Waals surface area contributed by atoms with E-state index >= 15 is 0 Å². The molecule has 82 valence electrons. The van der Waals surface area contributed by atoms with E-state index in [1.54, 1.807) is 7.05 Å². The molecule has 0 aliphatic rings. The molecule has 0 unspecified atom stereocenters. The number of carbonyl (C=O) groups excluding carboxylic acids is 1. The number of nitrogens with one attached hydrogen (secondary N) is 1. The average Bonchev–Trinajstić information content (AvgIpc) is 2.12. The van der Waals surface area contributed by atoms with Gasteiger partial charge in [-0.1, -0.05) is 5.57 Å². The Hall–Kier alpha value is -0.930. The Bertz CT molecular complexity index is 202. The summed E-state index contributed by atoms with van der Waals surface area (Å²) in [5.74, 6) is -0.142. The van der Waals surface area contributed by atoms with Gasteiger partial charge in [0.1, 0.15) is 0 Å². The Balaban J connectivity index is 3.58. The number of halogens is 2. The molecule has 0 aromatic carbocycles. The van der Waals surface area contributed by atoms with Gasteiger partial charge in [-0.15, -0.1) is 0 Å². The summed E-state index contributed by atoms with van der Waals surface area (Å²) >= 11 is 0. The van der Waals surface area contributed by atoms with E-state index in [0.29, 0.717) is 19.3 Å². The fraction of sp³-hybridized carbons (Fsp3) is 0.700.